The van der Waals surface area contributed by atoms with E-state index in [-0.39, 0.29) is 5.91 Å². The molecule has 1 saturated carbocycles. The summed E-state index contributed by atoms with van der Waals surface area (Å²) in [6.07, 6.45) is 4.60. The number of halogens is 1. The van der Waals surface area contributed by atoms with Crippen molar-refractivity contribution in [1.29, 1.82) is 0 Å². The van der Waals surface area contributed by atoms with Gasteiger partial charge in [-0.25, -0.2) is 0 Å². The summed E-state index contributed by atoms with van der Waals surface area (Å²) < 4.78 is 0.885. The van der Waals surface area contributed by atoms with E-state index in [1.807, 2.05) is 18.0 Å². The van der Waals surface area contributed by atoms with E-state index in [9.17, 15) is 4.79 Å². The third-order valence-electron chi connectivity index (χ3n) is 4.10. The van der Waals surface area contributed by atoms with Crippen LogP contribution in [-0.4, -0.2) is 23.9 Å². The zero-order chi connectivity index (χ0) is 14.0. The highest BCUT2D eigenvalue weighted by atomic mass is 79.9. The fraction of sp³-hybridized carbons (Fsp3) is 0.533. The summed E-state index contributed by atoms with van der Waals surface area (Å²) in [4.78, 5) is 14.4. The molecule has 4 heteroatoms. The molecule has 1 fully saturated rings. The van der Waals surface area contributed by atoms with E-state index in [4.69, 9.17) is 5.73 Å². The zero-order valence-electron chi connectivity index (χ0n) is 11.5. The molecule has 2 rings (SSSR count). The topological polar surface area (TPSA) is 46.3 Å². The van der Waals surface area contributed by atoms with Gasteiger partial charge in [0.1, 0.15) is 0 Å². The number of nitrogens with two attached hydrogens (primary N) is 1. The van der Waals surface area contributed by atoms with Crippen molar-refractivity contribution >= 4 is 27.5 Å². The molecule has 0 spiro atoms. The van der Waals surface area contributed by atoms with Crippen LogP contribution < -0.4 is 5.73 Å². The summed E-state index contributed by atoms with van der Waals surface area (Å²) in [5.41, 5.74) is 7.05. The summed E-state index contributed by atoms with van der Waals surface area (Å²) >= 11 is 3.39. The van der Waals surface area contributed by atoms with E-state index < -0.39 is 0 Å². The summed E-state index contributed by atoms with van der Waals surface area (Å²) in [6, 6.07) is 5.78. The molecule has 1 aliphatic rings. The van der Waals surface area contributed by atoms with Crippen LogP contribution in [0.1, 0.15) is 43.0 Å². The highest BCUT2D eigenvalue weighted by Gasteiger charge is 2.26. The van der Waals surface area contributed by atoms with E-state index in [0.29, 0.717) is 17.3 Å². The first-order chi connectivity index (χ1) is 8.99. The molecule has 3 nitrogen and oxygen atoms in total. The minimum atomic E-state index is 0.0263. The average molecular weight is 325 g/mol. The lowest BCUT2D eigenvalue weighted by Crippen LogP contribution is -2.39. The Morgan fingerprint density at radius 1 is 1.32 bits per heavy atom. The molecule has 0 unspecified atom stereocenters. The predicted octanol–water partition coefficient (Wildman–Crippen LogP) is 3.68. The monoisotopic (exact) mass is 324 g/mol. The lowest BCUT2D eigenvalue weighted by Gasteiger charge is -2.33. The number of carbonyl (C=O) groups excluding carboxylic acids is 1. The van der Waals surface area contributed by atoms with Gasteiger partial charge in [0.2, 0.25) is 0 Å². The molecular weight excluding hydrogens is 304 g/mol. The lowest BCUT2D eigenvalue weighted by atomic mass is 9.86. The molecule has 0 atom stereocenters. The molecule has 0 bridgehead atoms. The van der Waals surface area contributed by atoms with Crippen molar-refractivity contribution in [1.82, 2.24) is 4.90 Å². The van der Waals surface area contributed by atoms with Crippen LogP contribution in [0.15, 0.2) is 22.7 Å². The number of nitrogen functional groups attached to an aromatic ring is 1. The molecule has 1 aromatic carbocycles. The first kappa shape index (κ1) is 14.4. The molecule has 1 amide bonds. The molecule has 104 valence electrons. The molecule has 0 heterocycles. The third kappa shape index (κ3) is 3.30. The molecule has 1 aliphatic carbocycles. The summed E-state index contributed by atoms with van der Waals surface area (Å²) in [5.74, 6) is 0.814. The lowest BCUT2D eigenvalue weighted by molar-refractivity contribution is 0.0680. The van der Waals surface area contributed by atoms with Crippen molar-refractivity contribution in [2.75, 3.05) is 12.8 Å². The van der Waals surface area contributed by atoms with Gasteiger partial charge in [-0.2, -0.15) is 0 Å². The number of hydrogen-bond donors (Lipinski definition) is 1. The third-order valence-corrected chi connectivity index (χ3v) is 4.59. The standard InChI is InChI=1S/C15H21BrN2O/c1-10-3-6-12(7-4-10)18(2)15(19)13-9-11(16)5-8-14(13)17/h5,8-10,12H,3-4,6-7,17H2,1-2H3. The Kier molecular flexibility index (Phi) is 4.50. The van der Waals surface area contributed by atoms with E-state index in [1.54, 1.807) is 12.1 Å². The molecule has 0 radical (unpaired) electrons. The number of anilines is 1. The zero-order valence-corrected chi connectivity index (χ0v) is 13.1. The summed E-state index contributed by atoms with van der Waals surface area (Å²) in [6.45, 7) is 2.28. The number of nitrogens with zero attached hydrogens (tertiary/aromatic N) is 1. The largest absolute Gasteiger partial charge is 0.398 e. The van der Waals surface area contributed by atoms with Crippen LogP contribution in [0.25, 0.3) is 0 Å². The number of amides is 1. The van der Waals surface area contributed by atoms with E-state index in [0.717, 1.165) is 23.2 Å². The summed E-state index contributed by atoms with van der Waals surface area (Å²) in [7, 11) is 1.89. The van der Waals surface area contributed by atoms with Crippen molar-refractivity contribution < 1.29 is 4.79 Å². The van der Waals surface area contributed by atoms with Gasteiger partial charge in [-0.1, -0.05) is 22.9 Å². The number of carbonyl (C=O) groups is 1. The Labute approximate surface area is 123 Å². The molecule has 1 aromatic rings. The summed E-state index contributed by atoms with van der Waals surface area (Å²) in [5, 5.41) is 0. The number of rotatable bonds is 2. The molecule has 19 heavy (non-hydrogen) atoms. The fourth-order valence-corrected chi connectivity index (χ4v) is 3.06. The van der Waals surface area contributed by atoms with Gasteiger partial charge in [0, 0.05) is 23.2 Å². The maximum atomic E-state index is 12.5. The molecule has 0 saturated heterocycles. The SMILES string of the molecule is CC1CCC(N(C)C(=O)c2cc(Br)ccc2N)CC1. The quantitative estimate of drug-likeness (QED) is 0.843. The number of benzene rings is 1. The predicted molar refractivity (Wildman–Crippen MR) is 82.1 cm³/mol. The first-order valence-electron chi connectivity index (χ1n) is 6.81. The van der Waals surface area contributed by atoms with Gasteiger partial charge < -0.3 is 10.6 Å². The van der Waals surface area contributed by atoms with Crippen LogP contribution in [0.2, 0.25) is 0 Å². The smallest absolute Gasteiger partial charge is 0.255 e. The Bertz CT molecular complexity index is 467. The van der Waals surface area contributed by atoms with Gasteiger partial charge in [-0.3, -0.25) is 4.79 Å². The maximum absolute atomic E-state index is 12.5. The Morgan fingerprint density at radius 2 is 1.95 bits per heavy atom. The minimum Gasteiger partial charge on any atom is -0.398 e. The highest BCUT2D eigenvalue weighted by molar-refractivity contribution is 9.10. The average Bonchev–Trinajstić information content (AvgIpc) is 2.41. The Balaban J connectivity index is 2.12. The number of hydrogen-bond acceptors (Lipinski definition) is 2. The van der Waals surface area contributed by atoms with Crippen LogP contribution in [0.3, 0.4) is 0 Å². The van der Waals surface area contributed by atoms with E-state index in [2.05, 4.69) is 22.9 Å². The fourth-order valence-electron chi connectivity index (χ4n) is 2.70. The van der Waals surface area contributed by atoms with Crippen LogP contribution in [0.4, 0.5) is 5.69 Å². The van der Waals surface area contributed by atoms with E-state index in [1.165, 1.54) is 12.8 Å². The second kappa shape index (κ2) is 5.95. The van der Waals surface area contributed by atoms with Gasteiger partial charge in [0.25, 0.3) is 5.91 Å². The van der Waals surface area contributed by atoms with Crippen LogP contribution in [0.5, 0.6) is 0 Å². The second-order valence-corrected chi connectivity index (χ2v) is 6.48. The van der Waals surface area contributed by atoms with Crippen LogP contribution in [-0.2, 0) is 0 Å². The van der Waals surface area contributed by atoms with Crippen molar-refractivity contribution in [3.63, 3.8) is 0 Å². The molecule has 0 aliphatic heterocycles. The Hall–Kier alpha value is -1.03. The second-order valence-electron chi connectivity index (χ2n) is 5.56. The highest BCUT2D eigenvalue weighted by Crippen LogP contribution is 2.28. The van der Waals surface area contributed by atoms with Crippen molar-refractivity contribution in [3.05, 3.63) is 28.2 Å². The van der Waals surface area contributed by atoms with Gasteiger partial charge in [0.05, 0.1) is 5.56 Å². The van der Waals surface area contributed by atoms with Crippen LogP contribution >= 0.6 is 15.9 Å². The van der Waals surface area contributed by atoms with Crippen molar-refractivity contribution in [3.8, 4) is 0 Å². The Morgan fingerprint density at radius 3 is 2.58 bits per heavy atom. The first-order valence-corrected chi connectivity index (χ1v) is 7.60. The van der Waals surface area contributed by atoms with Gasteiger partial charge >= 0.3 is 0 Å². The molecule has 2 N–H and O–H groups in total. The van der Waals surface area contributed by atoms with Gasteiger partial charge in [0.15, 0.2) is 0 Å². The molecule has 0 aromatic heterocycles. The van der Waals surface area contributed by atoms with Crippen molar-refractivity contribution in [2.45, 2.75) is 38.6 Å². The van der Waals surface area contributed by atoms with Crippen molar-refractivity contribution in [2.24, 2.45) is 5.92 Å². The van der Waals surface area contributed by atoms with Crippen LogP contribution in [0, 0.1) is 5.92 Å². The van der Waals surface area contributed by atoms with Gasteiger partial charge in [-0.15, -0.1) is 0 Å². The minimum absolute atomic E-state index is 0.0263. The molecular formula is C15H21BrN2O. The normalized spacial score (nSPS) is 23.1. The van der Waals surface area contributed by atoms with Gasteiger partial charge in [-0.05, 0) is 49.8 Å². The maximum Gasteiger partial charge on any atom is 0.255 e. The van der Waals surface area contributed by atoms with E-state index >= 15 is 0 Å².